The Hall–Kier alpha value is -5.52. The van der Waals surface area contributed by atoms with Crippen LogP contribution in [0.1, 0.15) is 0 Å². The van der Waals surface area contributed by atoms with Crippen LogP contribution in [0.2, 0.25) is 0 Å². The van der Waals surface area contributed by atoms with Gasteiger partial charge in [-0.15, -0.1) is 0 Å². The van der Waals surface area contributed by atoms with Gasteiger partial charge in [0.2, 0.25) is 0 Å². The largest absolute Gasteiger partial charge is 0.249 e. The van der Waals surface area contributed by atoms with Gasteiger partial charge in [-0.1, -0.05) is 24.3 Å². The van der Waals surface area contributed by atoms with E-state index in [4.69, 9.17) is 0 Å². The lowest BCUT2D eigenvalue weighted by Gasteiger charge is -2.43. The SMILES string of the molecule is c1ccc2c(c1)N(n1ccnc1)C(C1N(n3ccnc3)c3ccccc3N1n1ccnc1)N2n1ccnc1. The van der Waals surface area contributed by atoms with E-state index in [1.54, 1.807) is 24.8 Å². The third-order valence-corrected chi connectivity index (χ3v) is 6.98. The molecule has 0 N–H and O–H groups in total. The highest BCUT2D eigenvalue weighted by atomic mass is 15.8. The molecule has 0 atom stereocenters. The Bertz CT molecular complexity index is 1410. The van der Waals surface area contributed by atoms with Gasteiger partial charge in [-0.2, -0.15) is 0 Å². The average Bonchev–Trinajstić information content (AvgIpc) is 3.78. The van der Waals surface area contributed by atoms with E-state index in [0.29, 0.717) is 0 Å². The van der Waals surface area contributed by atoms with Gasteiger partial charge in [0.05, 0.1) is 22.7 Å². The molecule has 0 fully saturated rings. The number of hydrogen-bond acceptors (Lipinski definition) is 8. The van der Waals surface area contributed by atoms with Crippen molar-refractivity contribution < 1.29 is 0 Å². The monoisotopic (exact) mass is 502 g/mol. The molecule has 2 aliphatic rings. The van der Waals surface area contributed by atoms with Gasteiger partial charge in [0.1, 0.15) is 25.3 Å². The van der Waals surface area contributed by atoms with Crippen LogP contribution in [0.5, 0.6) is 0 Å². The van der Waals surface area contributed by atoms with Crippen LogP contribution in [0.4, 0.5) is 22.7 Å². The molecule has 6 aromatic rings. The van der Waals surface area contributed by atoms with Crippen LogP contribution in [0.25, 0.3) is 0 Å². The predicted molar refractivity (Wildman–Crippen MR) is 141 cm³/mol. The smallest absolute Gasteiger partial charge is 0.183 e. The molecule has 0 aliphatic carbocycles. The van der Waals surface area contributed by atoms with Crippen LogP contribution in [0.15, 0.2) is 123 Å². The molecule has 0 saturated heterocycles. The fourth-order valence-corrected chi connectivity index (χ4v) is 5.55. The molecule has 12 heteroatoms. The number of benzene rings is 2. The van der Waals surface area contributed by atoms with Gasteiger partial charge >= 0.3 is 0 Å². The van der Waals surface area contributed by atoms with Gasteiger partial charge in [-0.3, -0.25) is 0 Å². The maximum Gasteiger partial charge on any atom is 0.183 e. The second kappa shape index (κ2) is 8.00. The molecule has 6 heterocycles. The van der Waals surface area contributed by atoms with Gasteiger partial charge in [0.25, 0.3) is 0 Å². The van der Waals surface area contributed by atoms with Gasteiger partial charge in [0.15, 0.2) is 12.3 Å². The quantitative estimate of drug-likeness (QED) is 0.356. The summed E-state index contributed by atoms with van der Waals surface area (Å²) in [5.74, 6) is 0. The van der Waals surface area contributed by atoms with Gasteiger partial charge in [-0.05, 0) is 24.3 Å². The lowest BCUT2D eigenvalue weighted by Crippen LogP contribution is -2.65. The molecule has 2 aliphatic heterocycles. The van der Waals surface area contributed by atoms with Gasteiger partial charge in [-0.25, -0.2) is 58.7 Å². The summed E-state index contributed by atoms with van der Waals surface area (Å²) >= 11 is 0. The highest BCUT2D eigenvalue weighted by Gasteiger charge is 2.52. The normalized spacial score (nSPS) is 15.5. The molecule has 186 valence electrons. The summed E-state index contributed by atoms with van der Waals surface area (Å²) < 4.78 is 8.12. The molecule has 0 bridgehead atoms. The van der Waals surface area contributed by atoms with Crippen LogP contribution < -0.4 is 20.0 Å². The van der Waals surface area contributed by atoms with Crippen LogP contribution in [-0.4, -0.2) is 51.0 Å². The highest BCUT2D eigenvalue weighted by Crippen LogP contribution is 2.48. The fourth-order valence-electron chi connectivity index (χ4n) is 5.55. The predicted octanol–water partition coefficient (Wildman–Crippen LogP) is 2.93. The molecular weight excluding hydrogens is 480 g/mol. The van der Waals surface area contributed by atoms with Crippen LogP contribution in [-0.2, 0) is 0 Å². The van der Waals surface area contributed by atoms with E-state index < -0.39 is 0 Å². The van der Waals surface area contributed by atoms with E-state index in [0.717, 1.165) is 22.7 Å². The van der Waals surface area contributed by atoms with Crippen LogP contribution >= 0.6 is 0 Å². The van der Waals surface area contributed by atoms with Crippen molar-refractivity contribution in [3.05, 3.63) is 123 Å². The summed E-state index contributed by atoms with van der Waals surface area (Å²) in [6.07, 6.45) is 21.7. The zero-order chi connectivity index (χ0) is 25.1. The van der Waals surface area contributed by atoms with E-state index in [1.807, 2.05) is 68.8 Å². The molecule has 8 rings (SSSR count). The number of aromatic nitrogens is 8. The van der Waals surface area contributed by atoms with Crippen molar-refractivity contribution in [1.82, 2.24) is 38.6 Å². The first-order chi connectivity index (χ1) is 18.9. The molecular formula is C26H22N12. The van der Waals surface area contributed by atoms with Crippen molar-refractivity contribution in [2.24, 2.45) is 0 Å². The highest BCUT2D eigenvalue weighted by molar-refractivity contribution is 5.82. The number of nitrogens with zero attached hydrogens (tertiary/aromatic N) is 12. The maximum absolute atomic E-state index is 4.39. The molecule has 0 amide bonds. The maximum atomic E-state index is 4.39. The molecule has 12 nitrogen and oxygen atoms in total. The zero-order valence-electron chi connectivity index (χ0n) is 20.1. The van der Waals surface area contributed by atoms with Gasteiger partial charge in [0, 0.05) is 49.6 Å². The van der Waals surface area contributed by atoms with Crippen molar-refractivity contribution in [2.75, 3.05) is 20.0 Å². The number of rotatable bonds is 5. The number of imidazole rings is 4. The number of para-hydroxylation sites is 4. The van der Waals surface area contributed by atoms with Crippen LogP contribution in [0, 0.1) is 0 Å². The molecule has 0 saturated carbocycles. The zero-order valence-corrected chi connectivity index (χ0v) is 20.1. The first-order valence-corrected chi connectivity index (χ1v) is 12.2. The molecule has 0 spiro atoms. The molecule has 0 radical (unpaired) electrons. The third kappa shape index (κ3) is 2.85. The topological polar surface area (TPSA) is 84.2 Å². The molecule has 0 unspecified atom stereocenters. The third-order valence-electron chi connectivity index (χ3n) is 6.98. The van der Waals surface area contributed by atoms with Crippen molar-refractivity contribution in [3.8, 4) is 0 Å². The minimum absolute atomic E-state index is 0.312. The van der Waals surface area contributed by atoms with Crippen molar-refractivity contribution in [2.45, 2.75) is 12.3 Å². The van der Waals surface area contributed by atoms with Crippen molar-refractivity contribution >= 4 is 22.7 Å². The molecule has 38 heavy (non-hydrogen) atoms. The Labute approximate surface area is 217 Å². The summed E-state index contributed by atoms with van der Waals surface area (Å²) in [5, 5.41) is 9.03. The minimum Gasteiger partial charge on any atom is -0.249 e. The first kappa shape index (κ1) is 20.7. The number of fused-ring (bicyclic) bond motifs is 2. The first-order valence-electron chi connectivity index (χ1n) is 12.2. The summed E-state index contributed by atoms with van der Waals surface area (Å²) in [6, 6.07) is 16.7. The van der Waals surface area contributed by atoms with Crippen LogP contribution in [0.3, 0.4) is 0 Å². The van der Waals surface area contributed by atoms with E-state index >= 15 is 0 Å². The lowest BCUT2D eigenvalue weighted by molar-refractivity contribution is 0.373. The Morgan fingerprint density at radius 1 is 0.395 bits per heavy atom. The Morgan fingerprint density at radius 2 is 0.658 bits per heavy atom. The van der Waals surface area contributed by atoms with Gasteiger partial charge < -0.3 is 0 Å². The molecule has 2 aromatic carbocycles. The Morgan fingerprint density at radius 3 is 0.868 bits per heavy atom. The number of anilines is 4. The average molecular weight is 503 g/mol. The fraction of sp³-hybridized carbons (Fsp3) is 0.0769. The minimum atomic E-state index is -0.312. The second-order valence-corrected chi connectivity index (χ2v) is 8.95. The molecule has 4 aromatic heterocycles. The summed E-state index contributed by atoms with van der Waals surface area (Å²) in [7, 11) is 0. The Kier molecular flexibility index (Phi) is 4.34. The summed E-state index contributed by atoms with van der Waals surface area (Å²) in [5.41, 5.74) is 4.15. The van der Waals surface area contributed by atoms with Crippen molar-refractivity contribution in [3.63, 3.8) is 0 Å². The summed E-state index contributed by atoms with van der Waals surface area (Å²) in [6.45, 7) is 0. The summed E-state index contributed by atoms with van der Waals surface area (Å²) in [4.78, 5) is 17.6. The van der Waals surface area contributed by atoms with E-state index in [2.05, 4.69) is 88.5 Å². The van der Waals surface area contributed by atoms with E-state index in [-0.39, 0.29) is 12.3 Å². The van der Waals surface area contributed by atoms with Crippen molar-refractivity contribution in [1.29, 1.82) is 0 Å². The number of hydrogen-bond donors (Lipinski definition) is 0. The standard InChI is InChI=1S/C26H22N12/c1-2-6-22-21(5-1)35(31-13-9-27-17-31)25(36(22)32-14-10-28-18-32)26-37(33-15-11-29-19-33)23-7-3-4-8-24(23)38(26)34-16-12-30-20-34/h1-20,25-26H. The van der Waals surface area contributed by atoms with E-state index in [9.17, 15) is 0 Å². The Balaban J connectivity index is 1.42. The van der Waals surface area contributed by atoms with E-state index in [1.165, 1.54) is 0 Å². The lowest BCUT2D eigenvalue weighted by atomic mass is 10.3. The second-order valence-electron chi connectivity index (χ2n) is 8.95.